The second kappa shape index (κ2) is 17.8. The van der Waals surface area contributed by atoms with Crippen LogP contribution in [0.3, 0.4) is 0 Å². The van der Waals surface area contributed by atoms with E-state index in [4.69, 9.17) is 9.47 Å². The summed E-state index contributed by atoms with van der Waals surface area (Å²) in [6.07, 6.45) is 2.40. The number of aromatic nitrogens is 1. The third-order valence-corrected chi connectivity index (χ3v) is 10.8. The number of hydrogen-bond donors (Lipinski definition) is 3. The number of carbonyl (C=O) groups is 1. The molecule has 6 rings (SSSR count). The van der Waals surface area contributed by atoms with Crippen LogP contribution in [0.4, 0.5) is 5.69 Å². The number of nitrogens with one attached hydrogen (secondary N) is 2. The molecule has 1 aliphatic heterocycles. The average molecular weight is 735 g/mol. The van der Waals surface area contributed by atoms with Crippen LogP contribution in [0.25, 0.3) is 0 Å². The lowest BCUT2D eigenvalue weighted by Gasteiger charge is -2.38. The third-order valence-electron chi connectivity index (χ3n) is 9.28. The van der Waals surface area contributed by atoms with E-state index in [1.807, 2.05) is 98.0 Å². The summed E-state index contributed by atoms with van der Waals surface area (Å²) in [4.78, 5) is 20.5. The Hall–Kier alpha value is -4.75. The molecular formula is C42H46N4O6S. The lowest BCUT2D eigenvalue weighted by molar-refractivity contribution is -0.252. The summed E-state index contributed by atoms with van der Waals surface area (Å²) in [6.45, 7) is 3.36. The van der Waals surface area contributed by atoms with Crippen molar-refractivity contribution in [3.05, 3.63) is 161 Å². The number of benzene rings is 4. The number of likely N-dealkylation sites (N-methyl/N-ethyl adjacent to an activating group) is 1. The van der Waals surface area contributed by atoms with E-state index in [2.05, 4.69) is 27.0 Å². The topological polar surface area (TPSA) is 130 Å². The first-order valence-electron chi connectivity index (χ1n) is 17.8. The third kappa shape index (κ3) is 10.7. The molecule has 4 atom stereocenters. The maximum Gasteiger partial charge on any atom is 0.242 e. The van der Waals surface area contributed by atoms with Crippen molar-refractivity contribution in [2.75, 3.05) is 25.5 Å². The van der Waals surface area contributed by atoms with Crippen LogP contribution < -0.4 is 10.0 Å². The van der Waals surface area contributed by atoms with Crippen molar-refractivity contribution in [1.82, 2.24) is 14.6 Å². The van der Waals surface area contributed by atoms with Gasteiger partial charge in [-0.15, -0.1) is 0 Å². The van der Waals surface area contributed by atoms with Gasteiger partial charge in [0.15, 0.2) is 6.29 Å². The molecule has 276 valence electrons. The normalized spacial score (nSPS) is 18.1. The Kier molecular flexibility index (Phi) is 12.8. The van der Waals surface area contributed by atoms with E-state index < -0.39 is 28.3 Å². The van der Waals surface area contributed by atoms with Crippen LogP contribution >= 0.6 is 0 Å². The predicted molar refractivity (Wildman–Crippen MR) is 204 cm³/mol. The molecule has 0 spiro atoms. The highest BCUT2D eigenvalue weighted by Crippen LogP contribution is 2.38. The van der Waals surface area contributed by atoms with Crippen LogP contribution in [-0.4, -0.2) is 61.6 Å². The van der Waals surface area contributed by atoms with Crippen molar-refractivity contribution < 1.29 is 27.8 Å². The minimum atomic E-state index is -3.98. The molecule has 0 aliphatic carbocycles. The number of amides is 1. The second-order valence-corrected chi connectivity index (χ2v) is 15.2. The molecular weight excluding hydrogens is 689 g/mol. The lowest BCUT2D eigenvalue weighted by atomic mass is 9.99. The maximum atomic E-state index is 13.7. The Morgan fingerprint density at radius 3 is 2.25 bits per heavy atom. The number of rotatable bonds is 15. The Morgan fingerprint density at radius 2 is 1.57 bits per heavy atom. The highest BCUT2D eigenvalue weighted by molar-refractivity contribution is 7.89. The van der Waals surface area contributed by atoms with Gasteiger partial charge in [0.25, 0.3) is 0 Å². The van der Waals surface area contributed by atoms with Crippen LogP contribution in [0, 0.1) is 6.92 Å². The van der Waals surface area contributed by atoms with E-state index in [0.29, 0.717) is 18.7 Å². The molecule has 0 radical (unpaired) electrons. The number of ether oxygens (including phenoxy) is 2. The summed E-state index contributed by atoms with van der Waals surface area (Å²) in [7, 11) is -1.91. The van der Waals surface area contributed by atoms with E-state index in [1.54, 1.807) is 24.3 Å². The summed E-state index contributed by atoms with van der Waals surface area (Å²) >= 11 is 0. The SMILES string of the molecule is Cc1ccc(S(=O)(=O)N[C@H](Cc2ccccc2)C(=O)Nc2ccc([C@@H]3O[C@H](CN(C)CCc4ccccn4)C[C@H](c4ccc(CO)cc4)O3)cc2)cc1. The minimum Gasteiger partial charge on any atom is -0.392 e. The zero-order valence-corrected chi connectivity index (χ0v) is 30.8. The first kappa shape index (κ1) is 38.0. The molecule has 0 saturated carbocycles. The summed E-state index contributed by atoms with van der Waals surface area (Å²) < 4.78 is 42.4. The molecule has 0 bridgehead atoms. The number of anilines is 1. The van der Waals surface area contributed by atoms with Gasteiger partial charge in [-0.2, -0.15) is 4.72 Å². The van der Waals surface area contributed by atoms with Crippen molar-refractivity contribution in [3.8, 4) is 0 Å². The minimum absolute atomic E-state index is 0.0320. The Labute approximate surface area is 311 Å². The van der Waals surface area contributed by atoms with E-state index in [9.17, 15) is 18.3 Å². The predicted octanol–water partition coefficient (Wildman–Crippen LogP) is 6.13. The Balaban J connectivity index is 1.16. The Bertz CT molecular complexity index is 2010. The number of carbonyl (C=O) groups excluding carboxylic acids is 1. The van der Waals surface area contributed by atoms with Gasteiger partial charge in [-0.3, -0.25) is 9.78 Å². The Morgan fingerprint density at radius 1 is 0.868 bits per heavy atom. The molecule has 1 aromatic heterocycles. The van der Waals surface area contributed by atoms with Gasteiger partial charge in [0.2, 0.25) is 15.9 Å². The standard InChI is InChI=1S/C42H46N4O6S/c1-30-11-21-38(22-12-30)53(49,50)45-39(26-31-8-4-3-5-9-31)41(48)44-36-19-17-34(18-20-36)42-51-37(28-46(2)25-23-35-10-6-7-24-43-35)27-40(52-42)33-15-13-32(29-47)14-16-33/h3-22,24,37,39-40,42,45,47H,23,25-29H2,1-2H3,(H,44,48)/t37-,39+,40+,42+/m0/s1. The number of pyridine rings is 1. The van der Waals surface area contributed by atoms with Crippen LogP contribution in [0.2, 0.25) is 0 Å². The largest absolute Gasteiger partial charge is 0.392 e. The van der Waals surface area contributed by atoms with E-state index >= 15 is 0 Å². The second-order valence-electron chi connectivity index (χ2n) is 13.5. The summed E-state index contributed by atoms with van der Waals surface area (Å²) in [5.74, 6) is -0.484. The number of aliphatic hydroxyl groups excluding tert-OH is 1. The highest BCUT2D eigenvalue weighted by atomic mass is 32.2. The molecule has 0 unspecified atom stereocenters. The average Bonchev–Trinajstić information content (AvgIpc) is 3.18. The first-order valence-corrected chi connectivity index (χ1v) is 19.3. The first-order chi connectivity index (χ1) is 25.6. The molecule has 11 heteroatoms. The van der Waals surface area contributed by atoms with Gasteiger partial charge in [0, 0.05) is 49.1 Å². The van der Waals surface area contributed by atoms with Gasteiger partial charge >= 0.3 is 0 Å². The maximum absolute atomic E-state index is 13.7. The summed E-state index contributed by atoms with van der Waals surface area (Å²) in [5.41, 5.74) is 5.90. The quantitative estimate of drug-likeness (QED) is 0.117. The monoisotopic (exact) mass is 734 g/mol. The van der Waals surface area contributed by atoms with Crippen molar-refractivity contribution in [2.24, 2.45) is 0 Å². The number of aliphatic hydroxyl groups is 1. The van der Waals surface area contributed by atoms with Gasteiger partial charge in [-0.25, -0.2) is 8.42 Å². The number of sulfonamides is 1. The fourth-order valence-corrected chi connectivity index (χ4v) is 7.48. The molecule has 53 heavy (non-hydrogen) atoms. The van der Waals surface area contributed by atoms with Crippen molar-refractivity contribution in [1.29, 1.82) is 0 Å². The van der Waals surface area contributed by atoms with Gasteiger partial charge < -0.3 is 24.8 Å². The van der Waals surface area contributed by atoms with E-state index in [1.165, 1.54) is 12.1 Å². The zero-order chi connectivity index (χ0) is 37.2. The summed E-state index contributed by atoms with van der Waals surface area (Å²) in [5, 5.41) is 12.5. The molecule has 1 saturated heterocycles. The van der Waals surface area contributed by atoms with Crippen LogP contribution in [0.15, 0.2) is 132 Å². The molecule has 3 N–H and O–H groups in total. The van der Waals surface area contributed by atoms with E-state index in [-0.39, 0.29) is 30.1 Å². The molecule has 5 aromatic rings. The fourth-order valence-electron chi connectivity index (χ4n) is 6.29. The van der Waals surface area contributed by atoms with Crippen molar-refractivity contribution >= 4 is 21.6 Å². The molecule has 1 aliphatic rings. The van der Waals surface area contributed by atoms with E-state index in [0.717, 1.165) is 46.5 Å². The van der Waals surface area contributed by atoms with Gasteiger partial charge in [0.1, 0.15) is 6.04 Å². The summed E-state index contributed by atoms with van der Waals surface area (Å²) in [6, 6.07) is 35.7. The fraction of sp³-hybridized carbons (Fsp3) is 0.286. The van der Waals surface area contributed by atoms with Crippen LogP contribution in [0.5, 0.6) is 0 Å². The molecule has 10 nitrogen and oxygen atoms in total. The van der Waals surface area contributed by atoms with Crippen molar-refractivity contribution in [2.45, 2.75) is 62.2 Å². The lowest BCUT2D eigenvalue weighted by Crippen LogP contribution is -2.45. The van der Waals surface area contributed by atoms with Gasteiger partial charge in [-0.1, -0.05) is 90.5 Å². The highest BCUT2D eigenvalue weighted by Gasteiger charge is 2.33. The number of aryl methyl sites for hydroxylation is 1. The molecule has 2 heterocycles. The smallest absolute Gasteiger partial charge is 0.242 e. The number of hydrogen-bond acceptors (Lipinski definition) is 8. The van der Waals surface area contributed by atoms with Crippen LogP contribution in [0.1, 0.15) is 52.3 Å². The number of nitrogens with zero attached hydrogens (tertiary/aromatic N) is 2. The molecule has 1 fully saturated rings. The zero-order valence-electron chi connectivity index (χ0n) is 30.0. The van der Waals surface area contributed by atoms with Crippen molar-refractivity contribution in [3.63, 3.8) is 0 Å². The van der Waals surface area contributed by atoms with Gasteiger partial charge in [-0.05, 0) is 73.5 Å². The van der Waals surface area contributed by atoms with Crippen LogP contribution in [-0.2, 0) is 43.7 Å². The molecule has 1 amide bonds. The van der Waals surface area contributed by atoms with Gasteiger partial charge in [0.05, 0.1) is 23.7 Å². The molecule has 4 aromatic carbocycles.